The van der Waals surface area contributed by atoms with E-state index in [2.05, 4.69) is 22.3 Å². The number of nitrogens with zero attached hydrogens (tertiary/aromatic N) is 1. The highest BCUT2D eigenvalue weighted by Crippen LogP contribution is 2.23. The predicted molar refractivity (Wildman–Crippen MR) is 112 cm³/mol. The summed E-state index contributed by atoms with van der Waals surface area (Å²) in [4.78, 5) is 15.2. The molecule has 1 amide bonds. The highest BCUT2D eigenvalue weighted by atomic mass is 16.5. The first-order valence-electron chi connectivity index (χ1n) is 10.5. The summed E-state index contributed by atoms with van der Waals surface area (Å²) in [6, 6.07) is 18.8. The molecule has 0 unspecified atom stereocenters. The first-order valence-corrected chi connectivity index (χ1v) is 10.5. The highest BCUT2D eigenvalue weighted by Gasteiger charge is 2.27. The zero-order valence-electron chi connectivity index (χ0n) is 16.5. The van der Waals surface area contributed by atoms with Gasteiger partial charge in [0, 0.05) is 37.9 Å². The molecule has 0 aliphatic carbocycles. The summed E-state index contributed by atoms with van der Waals surface area (Å²) in [6.45, 7) is 4.83. The van der Waals surface area contributed by atoms with E-state index in [1.165, 1.54) is 24.9 Å². The van der Waals surface area contributed by atoms with Gasteiger partial charge in [-0.05, 0) is 61.4 Å². The maximum atomic E-state index is 12.6. The molecule has 4 nitrogen and oxygen atoms in total. The third kappa shape index (κ3) is 4.81. The number of nitrogens with one attached hydrogen (secondary N) is 1. The third-order valence-corrected chi connectivity index (χ3v) is 6.06. The van der Waals surface area contributed by atoms with Gasteiger partial charge in [-0.15, -0.1) is 0 Å². The molecule has 0 aromatic heterocycles. The average Bonchev–Trinajstić information content (AvgIpc) is 2.79. The zero-order chi connectivity index (χ0) is 19.2. The summed E-state index contributed by atoms with van der Waals surface area (Å²) in [5.74, 6) is 0.576. The van der Waals surface area contributed by atoms with E-state index in [1.807, 2.05) is 42.5 Å². The van der Waals surface area contributed by atoms with Crippen molar-refractivity contribution >= 4 is 5.91 Å². The van der Waals surface area contributed by atoms with Crippen LogP contribution in [0.4, 0.5) is 0 Å². The molecule has 2 aromatic carbocycles. The molecule has 4 rings (SSSR count). The fourth-order valence-electron chi connectivity index (χ4n) is 4.43. The number of piperidine rings is 1. The Morgan fingerprint density at radius 1 is 0.964 bits per heavy atom. The highest BCUT2D eigenvalue weighted by molar-refractivity contribution is 5.94. The Kier molecular flexibility index (Phi) is 6.40. The van der Waals surface area contributed by atoms with E-state index in [0.717, 1.165) is 50.3 Å². The van der Waals surface area contributed by atoms with Gasteiger partial charge in [-0.25, -0.2) is 0 Å². The van der Waals surface area contributed by atoms with Crippen molar-refractivity contribution in [3.8, 4) is 11.1 Å². The second-order valence-corrected chi connectivity index (χ2v) is 8.00. The molecule has 0 bridgehead atoms. The molecule has 2 fully saturated rings. The zero-order valence-corrected chi connectivity index (χ0v) is 16.5. The summed E-state index contributed by atoms with van der Waals surface area (Å²) in [6.07, 6.45) is 4.72. The largest absolute Gasteiger partial charge is 0.381 e. The fraction of sp³-hybridized carbons (Fsp3) is 0.458. The second kappa shape index (κ2) is 9.35. The lowest BCUT2D eigenvalue weighted by Gasteiger charge is -2.40. The molecular weight excluding hydrogens is 348 g/mol. The van der Waals surface area contributed by atoms with Crippen LogP contribution in [0.2, 0.25) is 0 Å². The van der Waals surface area contributed by atoms with Gasteiger partial charge < -0.3 is 10.1 Å². The minimum absolute atomic E-state index is 0.0304. The number of amides is 1. The third-order valence-electron chi connectivity index (χ3n) is 6.06. The normalized spacial score (nSPS) is 21.4. The van der Waals surface area contributed by atoms with Crippen LogP contribution in [0.5, 0.6) is 0 Å². The average molecular weight is 379 g/mol. The predicted octanol–water partition coefficient (Wildman–Crippen LogP) is 3.97. The Bertz CT molecular complexity index is 754. The van der Waals surface area contributed by atoms with Gasteiger partial charge in [-0.1, -0.05) is 42.5 Å². The van der Waals surface area contributed by atoms with E-state index in [4.69, 9.17) is 4.74 Å². The molecule has 0 radical (unpaired) electrons. The first-order chi connectivity index (χ1) is 13.8. The molecule has 2 aliphatic heterocycles. The lowest BCUT2D eigenvalue weighted by atomic mass is 9.94. The molecule has 0 saturated carbocycles. The number of carbonyl (C=O) groups is 1. The Balaban J connectivity index is 1.29. The monoisotopic (exact) mass is 378 g/mol. The Morgan fingerprint density at radius 3 is 2.43 bits per heavy atom. The Morgan fingerprint density at radius 2 is 1.68 bits per heavy atom. The second-order valence-electron chi connectivity index (χ2n) is 8.00. The molecule has 2 saturated heterocycles. The van der Waals surface area contributed by atoms with Gasteiger partial charge in [0.1, 0.15) is 0 Å². The minimum Gasteiger partial charge on any atom is -0.381 e. The lowest BCUT2D eigenvalue weighted by molar-refractivity contribution is 0.0179. The number of benzene rings is 2. The summed E-state index contributed by atoms with van der Waals surface area (Å²) in [5.41, 5.74) is 3.04. The minimum atomic E-state index is 0.0304. The van der Waals surface area contributed by atoms with Gasteiger partial charge in [-0.2, -0.15) is 0 Å². The molecule has 1 atom stereocenters. The summed E-state index contributed by atoms with van der Waals surface area (Å²) in [7, 11) is 0. The van der Waals surface area contributed by atoms with E-state index in [-0.39, 0.29) is 5.91 Å². The quantitative estimate of drug-likeness (QED) is 0.856. The molecule has 28 heavy (non-hydrogen) atoms. The van der Waals surface area contributed by atoms with Crippen molar-refractivity contribution < 1.29 is 9.53 Å². The van der Waals surface area contributed by atoms with Crippen molar-refractivity contribution in [1.82, 2.24) is 10.2 Å². The van der Waals surface area contributed by atoms with Crippen LogP contribution in [0.15, 0.2) is 54.6 Å². The van der Waals surface area contributed by atoms with Crippen molar-refractivity contribution in [2.75, 3.05) is 32.8 Å². The van der Waals surface area contributed by atoms with Crippen LogP contribution in [0.25, 0.3) is 11.1 Å². The van der Waals surface area contributed by atoms with Crippen molar-refractivity contribution in [3.63, 3.8) is 0 Å². The van der Waals surface area contributed by atoms with Gasteiger partial charge in [0.25, 0.3) is 5.91 Å². The maximum absolute atomic E-state index is 12.6. The van der Waals surface area contributed by atoms with Crippen LogP contribution >= 0.6 is 0 Å². The van der Waals surface area contributed by atoms with Gasteiger partial charge in [-0.3, -0.25) is 9.69 Å². The molecule has 0 spiro atoms. The van der Waals surface area contributed by atoms with Crippen molar-refractivity contribution in [3.05, 3.63) is 60.2 Å². The van der Waals surface area contributed by atoms with E-state index in [9.17, 15) is 4.79 Å². The Labute approximate surface area is 167 Å². The molecule has 1 N–H and O–H groups in total. The summed E-state index contributed by atoms with van der Waals surface area (Å²) >= 11 is 0. The van der Waals surface area contributed by atoms with E-state index < -0.39 is 0 Å². The van der Waals surface area contributed by atoms with E-state index in [1.54, 1.807) is 0 Å². The van der Waals surface area contributed by atoms with Crippen molar-refractivity contribution in [1.29, 1.82) is 0 Å². The molecule has 2 aliphatic rings. The summed E-state index contributed by atoms with van der Waals surface area (Å²) in [5, 5.41) is 3.16. The van der Waals surface area contributed by atoms with Crippen molar-refractivity contribution in [2.24, 2.45) is 5.92 Å². The van der Waals surface area contributed by atoms with Crippen LogP contribution in [0, 0.1) is 5.92 Å². The number of carbonyl (C=O) groups excluding carboxylic acids is 1. The number of hydrogen-bond acceptors (Lipinski definition) is 3. The standard InChI is InChI=1S/C24H30N2O2/c27-24(22-10-8-21(9-11-22)20-6-2-1-3-7-20)25-17-19-5-4-14-26(18-19)23-12-15-28-16-13-23/h1-3,6-11,19,23H,4-5,12-18H2,(H,25,27)/t19-/m1/s1. The van der Waals surface area contributed by atoms with Gasteiger partial charge in [0.05, 0.1) is 0 Å². The van der Waals surface area contributed by atoms with Crippen LogP contribution in [0.3, 0.4) is 0 Å². The fourth-order valence-corrected chi connectivity index (χ4v) is 4.43. The van der Waals surface area contributed by atoms with Gasteiger partial charge in [0.2, 0.25) is 0 Å². The molecule has 4 heteroatoms. The van der Waals surface area contributed by atoms with Gasteiger partial charge >= 0.3 is 0 Å². The van der Waals surface area contributed by atoms with Gasteiger partial charge in [0.15, 0.2) is 0 Å². The number of likely N-dealkylation sites (tertiary alicyclic amines) is 1. The molecule has 148 valence electrons. The summed E-state index contributed by atoms with van der Waals surface area (Å²) < 4.78 is 5.50. The number of hydrogen-bond donors (Lipinski definition) is 1. The first kappa shape index (κ1) is 19.2. The van der Waals surface area contributed by atoms with E-state index in [0.29, 0.717) is 12.0 Å². The Hall–Kier alpha value is -2.17. The lowest BCUT2D eigenvalue weighted by Crippen LogP contribution is -2.47. The molecule has 2 heterocycles. The van der Waals surface area contributed by atoms with Crippen LogP contribution in [0.1, 0.15) is 36.0 Å². The van der Waals surface area contributed by atoms with Crippen LogP contribution < -0.4 is 5.32 Å². The SMILES string of the molecule is O=C(NC[C@H]1CCCN(C2CCOCC2)C1)c1ccc(-c2ccccc2)cc1. The van der Waals surface area contributed by atoms with Crippen LogP contribution in [-0.4, -0.2) is 49.7 Å². The maximum Gasteiger partial charge on any atom is 0.251 e. The number of ether oxygens (including phenoxy) is 1. The molecular formula is C24H30N2O2. The number of rotatable bonds is 5. The molecule has 2 aromatic rings. The topological polar surface area (TPSA) is 41.6 Å². The van der Waals surface area contributed by atoms with Crippen LogP contribution in [-0.2, 0) is 4.74 Å². The van der Waals surface area contributed by atoms with E-state index >= 15 is 0 Å². The van der Waals surface area contributed by atoms with Crippen molar-refractivity contribution in [2.45, 2.75) is 31.7 Å². The smallest absolute Gasteiger partial charge is 0.251 e.